The Labute approximate surface area is 110 Å². The fourth-order valence-electron chi connectivity index (χ4n) is 1.70. The van der Waals surface area contributed by atoms with Crippen molar-refractivity contribution >= 4 is 11.8 Å². The van der Waals surface area contributed by atoms with E-state index in [0.717, 1.165) is 12.3 Å². The Morgan fingerprint density at radius 2 is 1.82 bits per heavy atom. The molecule has 0 bridgehead atoms. The summed E-state index contributed by atoms with van der Waals surface area (Å²) in [6.07, 6.45) is 0. The van der Waals surface area contributed by atoms with Gasteiger partial charge in [-0.1, -0.05) is 32.9 Å². The molecule has 0 fully saturated rings. The number of likely N-dealkylation sites (N-methyl/N-ethyl adjacent to an activating group) is 1. The normalized spacial score (nSPS) is 13.0. The third-order valence-corrected chi connectivity index (χ3v) is 3.57. The Hall–Kier alpha value is -0.510. The van der Waals surface area contributed by atoms with Crippen LogP contribution in [0.3, 0.4) is 0 Å². The summed E-state index contributed by atoms with van der Waals surface area (Å²) in [5.41, 5.74) is 1.35. The van der Waals surface area contributed by atoms with Crippen LogP contribution in [-0.2, 0) is 0 Å². The second kappa shape index (κ2) is 7.75. The van der Waals surface area contributed by atoms with E-state index in [2.05, 4.69) is 55.7 Å². The van der Waals surface area contributed by atoms with Gasteiger partial charge in [0.1, 0.15) is 0 Å². The average molecular weight is 252 g/mol. The lowest BCUT2D eigenvalue weighted by molar-refractivity contribution is 0.491. The first-order valence-electron chi connectivity index (χ1n) is 6.30. The molecule has 0 amide bonds. The summed E-state index contributed by atoms with van der Waals surface area (Å²) in [6, 6.07) is 9.79. The monoisotopic (exact) mass is 252 g/mol. The molecular weight excluding hydrogens is 228 g/mol. The highest BCUT2D eigenvalue weighted by Crippen LogP contribution is 2.20. The Bertz CT molecular complexity index is 309. The zero-order chi connectivity index (χ0) is 12.7. The maximum absolute atomic E-state index is 3.47. The van der Waals surface area contributed by atoms with E-state index in [-0.39, 0.29) is 0 Å². The van der Waals surface area contributed by atoms with Gasteiger partial charge >= 0.3 is 0 Å². The smallest absolute Gasteiger partial charge is 0.0444 e. The van der Waals surface area contributed by atoms with Crippen molar-refractivity contribution in [1.82, 2.24) is 10.6 Å². The first kappa shape index (κ1) is 14.6. The highest BCUT2D eigenvalue weighted by atomic mass is 32.2. The molecule has 0 spiro atoms. The zero-order valence-electron chi connectivity index (χ0n) is 11.3. The molecule has 0 aliphatic carbocycles. The summed E-state index contributed by atoms with van der Waals surface area (Å²) < 4.78 is 0. The van der Waals surface area contributed by atoms with E-state index in [1.807, 2.05) is 18.8 Å². The number of rotatable bonds is 7. The minimum absolute atomic E-state index is 0.387. The van der Waals surface area contributed by atoms with Gasteiger partial charge in [0, 0.05) is 23.5 Å². The predicted octanol–water partition coefficient (Wildman–Crippen LogP) is 3.06. The van der Waals surface area contributed by atoms with E-state index < -0.39 is 0 Å². The molecule has 1 aromatic rings. The molecule has 1 rings (SSSR count). The first-order valence-corrected chi connectivity index (χ1v) is 7.29. The second-order valence-corrected chi connectivity index (χ2v) is 5.74. The molecule has 0 saturated carbocycles. The standard InChI is InChI=1S/C14H24N2S/c1-5-17-13-8-6-12(7-9-13)14(15-4)10-16-11(2)3/h6-9,11,14-16H,5,10H2,1-4H3. The first-order chi connectivity index (χ1) is 8.17. The zero-order valence-corrected chi connectivity index (χ0v) is 12.1. The lowest BCUT2D eigenvalue weighted by Gasteiger charge is -2.19. The molecule has 0 aliphatic rings. The van der Waals surface area contributed by atoms with Gasteiger partial charge in [0.25, 0.3) is 0 Å². The van der Waals surface area contributed by atoms with Crippen LogP contribution < -0.4 is 10.6 Å². The van der Waals surface area contributed by atoms with Gasteiger partial charge in [0.05, 0.1) is 0 Å². The molecule has 2 N–H and O–H groups in total. The van der Waals surface area contributed by atoms with Gasteiger partial charge in [-0.15, -0.1) is 11.8 Å². The number of hydrogen-bond acceptors (Lipinski definition) is 3. The van der Waals surface area contributed by atoms with Crippen LogP contribution in [0.2, 0.25) is 0 Å². The maximum atomic E-state index is 3.47. The summed E-state index contributed by atoms with van der Waals surface area (Å²) >= 11 is 1.89. The Morgan fingerprint density at radius 3 is 2.29 bits per heavy atom. The SMILES string of the molecule is CCSc1ccc(C(CNC(C)C)NC)cc1. The third kappa shape index (κ3) is 5.11. The van der Waals surface area contributed by atoms with Crippen molar-refractivity contribution in [2.75, 3.05) is 19.3 Å². The largest absolute Gasteiger partial charge is 0.313 e. The predicted molar refractivity (Wildman–Crippen MR) is 77.8 cm³/mol. The highest BCUT2D eigenvalue weighted by molar-refractivity contribution is 7.99. The Morgan fingerprint density at radius 1 is 1.18 bits per heavy atom. The molecular formula is C14H24N2S. The Balaban J connectivity index is 2.61. The number of benzene rings is 1. The van der Waals surface area contributed by atoms with Crippen LogP contribution in [0.4, 0.5) is 0 Å². The molecule has 1 aromatic carbocycles. The molecule has 0 heterocycles. The van der Waals surface area contributed by atoms with E-state index in [1.165, 1.54) is 10.5 Å². The highest BCUT2D eigenvalue weighted by Gasteiger charge is 2.09. The average Bonchev–Trinajstić information content (AvgIpc) is 2.32. The van der Waals surface area contributed by atoms with Gasteiger partial charge < -0.3 is 10.6 Å². The van der Waals surface area contributed by atoms with Crippen LogP contribution in [0.5, 0.6) is 0 Å². The van der Waals surface area contributed by atoms with Crippen molar-refractivity contribution in [3.63, 3.8) is 0 Å². The van der Waals surface area contributed by atoms with Crippen molar-refractivity contribution < 1.29 is 0 Å². The summed E-state index contributed by atoms with van der Waals surface area (Å²) in [6.45, 7) is 7.50. The van der Waals surface area contributed by atoms with Crippen molar-refractivity contribution in [2.45, 2.75) is 37.8 Å². The third-order valence-electron chi connectivity index (χ3n) is 2.67. The van der Waals surface area contributed by atoms with Gasteiger partial charge in [-0.05, 0) is 30.5 Å². The topological polar surface area (TPSA) is 24.1 Å². The molecule has 0 aliphatic heterocycles. The summed E-state index contributed by atoms with van der Waals surface area (Å²) in [4.78, 5) is 1.35. The molecule has 3 heteroatoms. The molecule has 1 unspecified atom stereocenters. The minimum atomic E-state index is 0.387. The van der Waals surface area contributed by atoms with E-state index >= 15 is 0 Å². The van der Waals surface area contributed by atoms with Crippen LogP contribution in [0.15, 0.2) is 29.2 Å². The quantitative estimate of drug-likeness (QED) is 0.729. The van der Waals surface area contributed by atoms with Gasteiger partial charge in [-0.25, -0.2) is 0 Å². The van der Waals surface area contributed by atoms with E-state index in [1.54, 1.807) is 0 Å². The molecule has 2 nitrogen and oxygen atoms in total. The summed E-state index contributed by atoms with van der Waals surface area (Å²) in [5, 5.41) is 6.82. The molecule has 0 aromatic heterocycles. The Kier molecular flexibility index (Phi) is 6.63. The van der Waals surface area contributed by atoms with Crippen molar-refractivity contribution in [1.29, 1.82) is 0 Å². The van der Waals surface area contributed by atoms with Gasteiger partial charge in [-0.3, -0.25) is 0 Å². The molecule has 0 radical (unpaired) electrons. The van der Waals surface area contributed by atoms with E-state index in [0.29, 0.717) is 12.1 Å². The van der Waals surface area contributed by atoms with Crippen LogP contribution in [0.1, 0.15) is 32.4 Å². The van der Waals surface area contributed by atoms with Crippen molar-refractivity contribution in [3.05, 3.63) is 29.8 Å². The van der Waals surface area contributed by atoms with Crippen LogP contribution in [0.25, 0.3) is 0 Å². The minimum Gasteiger partial charge on any atom is -0.313 e. The molecule has 1 atom stereocenters. The molecule has 17 heavy (non-hydrogen) atoms. The molecule has 0 saturated heterocycles. The lowest BCUT2D eigenvalue weighted by Crippen LogP contribution is -2.33. The van der Waals surface area contributed by atoms with Gasteiger partial charge in [0.15, 0.2) is 0 Å². The van der Waals surface area contributed by atoms with Crippen molar-refractivity contribution in [3.8, 4) is 0 Å². The van der Waals surface area contributed by atoms with Crippen LogP contribution >= 0.6 is 11.8 Å². The molecule has 96 valence electrons. The van der Waals surface area contributed by atoms with Crippen LogP contribution in [0, 0.1) is 0 Å². The van der Waals surface area contributed by atoms with Gasteiger partial charge in [-0.2, -0.15) is 0 Å². The van der Waals surface area contributed by atoms with Crippen LogP contribution in [-0.4, -0.2) is 25.4 Å². The lowest BCUT2D eigenvalue weighted by atomic mass is 10.1. The summed E-state index contributed by atoms with van der Waals surface area (Å²) in [7, 11) is 2.02. The number of thioether (sulfide) groups is 1. The van der Waals surface area contributed by atoms with E-state index in [4.69, 9.17) is 0 Å². The second-order valence-electron chi connectivity index (χ2n) is 4.41. The van der Waals surface area contributed by atoms with Crippen molar-refractivity contribution in [2.24, 2.45) is 0 Å². The summed E-state index contributed by atoms with van der Waals surface area (Å²) in [5.74, 6) is 1.13. The van der Waals surface area contributed by atoms with E-state index in [9.17, 15) is 0 Å². The maximum Gasteiger partial charge on any atom is 0.0444 e. The fourth-order valence-corrected chi connectivity index (χ4v) is 2.37. The number of hydrogen-bond donors (Lipinski definition) is 2. The fraction of sp³-hybridized carbons (Fsp3) is 0.571. The van der Waals surface area contributed by atoms with Gasteiger partial charge in [0.2, 0.25) is 0 Å². The number of nitrogens with one attached hydrogen (secondary N) is 2.